The molecule has 2 aromatic rings. The topological polar surface area (TPSA) is 78.0 Å². The van der Waals surface area contributed by atoms with Gasteiger partial charge in [0.15, 0.2) is 29.6 Å². The predicted octanol–water partition coefficient (Wildman–Crippen LogP) is 3.99. The average Bonchev–Trinajstić information content (AvgIpc) is 2.74. The fraction of sp³-hybridized carbons (Fsp3) is 0.458. The van der Waals surface area contributed by atoms with Crippen molar-refractivity contribution >= 4 is 17.5 Å². The molecule has 1 amide bonds. The molecule has 0 aliphatic carbocycles. The molecule has 32 heavy (non-hydrogen) atoms. The second-order valence-electron chi connectivity index (χ2n) is 8.30. The number of hydrogen-bond acceptors (Lipinski definition) is 6. The Bertz CT molecular complexity index is 912. The third-order valence-corrected chi connectivity index (χ3v) is 4.91. The van der Waals surface area contributed by atoms with Crippen molar-refractivity contribution in [1.82, 2.24) is 10.6 Å². The predicted molar refractivity (Wildman–Crippen MR) is 126 cm³/mol. The number of rotatable bonds is 11. The monoisotopic (exact) mass is 464 g/mol. The van der Waals surface area contributed by atoms with Gasteiger partial charge in [0.1, 0.15) is 0 Å². The van der Waals surface area contributed by atoms with Crippen molar-refractivity contribution in [3.63, 3.8) is 0 Å². The molecule has 8 heteroatoms. The van der Waals surface area contributed by atoms with Crippen molar-refractivity contribution in [2.75, 3.05) is 34.5 Å². The first-order chi connectivity index (χ1) is 15.2. The van der Waals surface area contributed by atoms with E-state index < -0.39 is 0 Å². The number of hydrogen-bond donors (Lipinski definition) is 2. The van der Waals surface area contributed by atoms with Gasteiger partial charge >= 0.3 is 0 Å². The molecule has 0 aromatic heterocycles. The van der Waals surface area contributed by atoms with E-state index in [0.717, 1.165) is 24.1 Å². The van der Waals surface area contributed by atoms with Crippen molar-refractivity contribution in [3.8, 4) is 23.0 Å². The summed E-state index contributed by atoms with van der Waals surface area (Å²) in [6.07, 6.45) is 0.819. The van der Waals surface area contributed by atoms with Crippen molar-refractivity contribution in [1.29, 1.82) is 0 Å². The average molecular weight is 465 g/mol. The van der Waals surface area contributed by atoms with Gasteiger partial charge < -0.3 is 29.6 Å². The van der Waals surface area contributed by atoms with Crippen LogP contribution in [0.3, 0.4) is 0 Å². The molecule has 0 heterocycles. The van der Waals surface area contributed by atoms with E-state index in [0.29, 0.717) is 34.6 Å². The number of halogens is 1. The van der Waals surface area contributed by atoms with Gasteiger partial charge in [0, 0.05) is 23.2 Å². The van der Waals surface area contributed by atoms with E-state index in [4.69, 9.17) is 30.5 Å². The van der Waals surface area contributed by atoms with Gasteiger partial charge in [0.05, 0.1) is 21.3 Å². The number of ether oxygens (including phenoxy) is 4. The summed E-state index contributed by atoms with van der Waals surface area (Å²) in [4.78, 5) is 12.0. The van der Waals surface area contributed by atoms with Crippen molar-refractivity contribution < 1.29 is 23.7 Å². The van der Waals surface area contributed by atoms with E-state index in [9.17, 15) is 4.79 Å². The van der Waals surface area contributed by atoms with Gasteiger partial charge in [0.25, 0.3) is 5.91 Å². The molecule has 0 saturated heterocycles. The number of benzene rings is 2. The van der Waals surface area contributed by atoms with Crippen molar-refractivity contribution in [2.45, 2.75) is 39.3 Å². The van der Waals surface area contributed by atoms with Gasteiger partial charge in [-0.3, -0.25) is 4.79 Å². The molecule has 7 nitrogen and oxygen atoms in total. The van der Waals surface area contributed by atoms with Gasteiger partial charge in [-0.2, -0.15) is 0 Å². The molecule has 2 rings (SSSR count). The van der Waals surface area contributed by atoms with Crippen LogP contribution in [0.5, 0.6) is 23.0 Å². The molecule has 0 aliphatic rings. The van der Waals surface area contributed by atoms with E-state index >= 15 is 0 Å². The van der Waals surface area contributed by atoms with Crippen LogP contribution in [0, 0.1) is 0 Å². The second kappa shape index (κ2) is 11.8. The summed E-state index contributed by atoms with van der Waals surface area (Å²) in [5.74, 6) is 2.16. The second-order valence-corrected chi connectivity index (χ2v) is 8.70. The van der Waals surface area contributed by atoms with Crippen LogP contribution in [-0.4, -0.2) is 45.9 Å². The Labute approximate surface area is 195 Å². The lowest BCUT2D eigenvalue weighted by Gasteiger charge is -2.21. The zero-order valence-corrected chi connectivity index (χ0v) is 20.4. The highest BCUT2D eigenvalue weighted by molar-refractivity contribution is 6.31. The fourth-order valence-electron chi connectivity index (χ4n) is 3.07. The molecule has 0 unspecified atom stereocenters. The van der Waals surface area contributed by atoms with Crippen LogP contribution in [0.1, 0.15) is 31.9 Å². The SMILES string of the molecule is COc1ccc(CCNCc2cc(OC)c(OCC(=O)NC(C)(C)C)cc2Cl)cc1OC. The minimum atomic E-state index is -0.325. The van der Waals surface area contributed by atoms with Crippen LogP contribution in [0.2, 0.25) is 5.02 Å². The van der Waals surface area contributed by atoms with E-state index in [1.807, 2.05) is 45.0 Å². The van der Waals surface area contributed by atoms with Crippen LogP contribution in [-0.2, 0) is 17.8 Å². The van der Waals surface area contributed by atoms with Gasteiger partial charge in [-0.05, 0) is 63.1 Å². The number of nitrogens with one attached hydrogen (secondary N) is 2. The summed E-state index contributed by atoms with van der Waals surface area (Å²) >= 11 is 6.44. The first kappa shape index (κ1) is 25.6. The third kappa shape index (κ3) is 7.80. The number of amides is 1. The highest BCUT2D eigenvalue weighted by Crippen LogP contribution is 2.33. The molecule has 0 bridgehead atoms. The van der Waals surface area contributed by atoms with Gasteiger partial charge in [-0.25, -0.2) is 0 Å². The summed E-state index contributed by atoms with van der Waals surface area (Å²) in [7, 11) is 4.80. The Balaban J connectivity index is 1.93. The summed E-state index contributed by atoms with van der Waals surface area (Å²) in [5.41, 5.74) is 1.69. The molecule has 0 fully saturated rings. The lowest BCUT2D eigenvalue weighted by Crippen LogP contribution is -2.43. The Hall–Kier alpha value is -2.64. The van der Waals surface area contributed by atoms with E-state index in [2.05, 4.69) is 10.6 Å². The van der Waals surface area contributed by atoms with Crippen LogP contribution in [0.15, 0.2) is 30.3 Å². The van der Waals surface area contributed by atoms with Crippen LogP contribution >= 0.6 is 11.6 Å². The summed E-state index contributed by atoms with van der Waals surface area (Å²) in [5, 5.41) is 6.78. The molecule has 0 atom stereocenters. The Morgan fingerprint density at radius 1 is 0.938 bits per heavy atom. The van der Waals surface area contributed by atoms with Crippen molar-refractivity contribution in [2.24, 2.45) is 0 Å². The maximum Gasteiger partial charge on any atom is 0.258 e. The number of methoxy groups -OCH3 is 3. The first-order valence-electron chi connectivity index (χ1n) is 10.4. The minimum absolute atomic E-state index is 0.118. The maximum atomic E-state index is 12.0. The standard InChI is InChI=1S/C24H33ClN2O5/c1-24(2,3)27-23(28)15-32-22-13-18(25)17(12-21(22)31-6)14-26-10-9-16-7-8-19(29-4)20(11-16)30-5/h7-8,11-13,26H,9-10,14-15H2,1-6H3,(H,27,28). The molecule has 0 radical (unpaired) electrons. The highest BCUT2D eigenvalue weighted by Gasteiger charge is 2.16. The first-order valence-corrected chi connectivity index (χ1v) is 10.8. The summed E-state index contributed by atoms with van der Waals surface area (Å²) in [6.45, 7) is 6.93. The Morgan fingerprint density at radius 3 is 2.22 bits per heavy atom. The van der Waals surface area contributed by atoms with Crippen molar-refractivity contribution in [3.05, 3.63) is 46.5 Å². The minimum Gasteiger partial charge on any atom is -0.493 e. The lowest BCUT2D eigenvalue weighted by molar-refractivity contribution is -0.124. The summed E-state index contributed by atoms with van der Waals surface area (Å²) in [6, 6.07) is 9.38. The Kier molecular flexibility index (Phi) is 9.47. The van der Waals surface area contributed by atoms with E-state index in [-0.39, 0.29) is 18.1 Å². The zero-order chi connectivity index (χ0) is 23.7. The smallest absolute Gasteiger partial charge is 0.258 e. The molecule has 0 saturated carbocycles. The largest absolute Gasteiger partial charge is 0.493 e. The molecule has 2 aromatic carbocycles. The third-order valence-electron chi connectivity index (χ3n) is 4.56. The van der Waals surface area contributed by atoms with Gasteiger partial charge in [-0.15, -0.1) is 0 Å². The molecule has 0 spiro atoms. The maximum absolute atomic E-state index is 12.0. The normalized spacial score (nSPS) is 11.1. The van der Waals surface area contributed by atoms with E-state index in [1.165, 1.54) is 0 Å². The highest BCUT2D eigenvalue weighted by atomic mass is 35.5. The fourth-order valence-corrected chi connectivity index (χ4v) is 3.30. The quantitative estimate of drug-likeness (QED) is 0.489. The molecular weight excluding hydrogens is 432 g/mol. The van der Waals surface area contributed by atoms with Gasteiger partial charge in [0.2, 0.25) is 0 Å². The summed E-state index contributed by atoms with van der Waals surface area (Å²) < 4.78 is 21.7. The number of carbonyl (C=O) groups excluding carboxylic acids is 1. The van der Waals surface area contributed by atoms with Crippen LogP contribution in [0.25, 0.3) is 0 Å². The number of carbonyl (C=O) groups is 1. The Morgan fingerprint density at radius 2 is 1.59 bits per heavy atom. The molecular formula is C24H33ClN2O5. The zero-order valence-electron chi connectivity index (χ0n) is 19.6. The van der Waals surface area contributed by atoms with Crippen LogP contribution in [0.4, 0.5) is 0 Å². The van der Waals surface area contributed by atoms with Gasteiger partial charge in [-0.1, -0.05) is 17.7 Å². The molecule has 176 valence electrons. The molecule has 2 N–H and O–H groups in total. The van der Waals surface area contributed by atoms with E-state index in [1.54, 1.807) is 27.4 Å². The molecule has 0 aliphatic heterocycles. The van der Waals surface area contributed by atoms with Crippen LogP contribution < -0.4 is 29.6 Å². The lowest BCUT2D eigenvalue weighted by atomic mass is 10.1.